The third-order valence-electron chi connectivity index (χ3n) is 3.19. The SMILES string of the molecule is CC(C)[C@@H](C(=O)Nc1ccncc1F)c1cccc(Cl)c1. The molecule has 1 N–H and O–H groups in total. The lowest BCUT2D eigenvalue weighted by Gasteiger charge is -2.21. The molecule has 1 heterocycles. The molecular weight excluding hydrogens is 291 g/mol. The van der Waals surface area contributed by atoms with Gasteiger partial charge in [-0.15, -0.1) is 0 Å². The van der Waals surface area contributed by atoms with E-state index >= 15 is 0 Å². The van der Waals surface area contributed by atoms with Gasteiger partial charge in [-0.3, -0.25) is 9.78 Å². The molecule has 110 valence electrons. The second-order valence-electron chi connectivity index (χ2n) is 5.12. The average Bonchev–Trinajstić information content (AvgIpc) is 2.41. The number of halogens is 2. The van der Waals surface area contributed by atoms with Gasteiger partial charge in [0.15, 0.2) is 5.82 Å². The van der Waals surface area contributed by atoms with Crippen LogP contribution >= 0.6 is 11.6 Å². The lowest BCUT2D eigenvalue weighted by Crippen LogP contribution is -2.25. The zero-order valence-electron chi connectivity index (χ0n) is 11.8. The Morgan fingerprint density at radius 1 is 1.33 bits per heavy atom. The van der Waals surface area contributed by atoms with Gasteiger partial charge >= 0.3 is 0 Å². The minimum Gasteiger partial charge on any atom is -0.323 e. The molecule has 0 saturated heterocycles. The Hall–Kier alpha value is -1.94. The Labute approximate surface area is 128 Å². The normalized spacial score (nSPS) is 12.2. The number of amides is 1. The van der Waals surface area contributed by atoms with Gasteiger partial charge in [0, 0.05) is 11.2 Å². The maximum Gasteiger partial charge on any atom is 0.232 e. The Morgan fingerprint density at radius 2 is 2.10 bits per heavy atom. The third-order valence-corrected chi connectivity index (χ3v) is 3.42. The van der Waals surface area contributed by atoms with Gasteiger partial charge in [0.05, 0.1) is 17.8 Å². The number of hydrogen-bond acceptors (Lipinski definition) is 2. The second-order valence-corrected chi connectivity index (χ2v) is 5.56. The highest BCUT2D eigenvalue weighted by molar-refractivity contribution is 6.30. The van der Waals surface area contributed by atoms with Gasteiger partial charge in [0.1, 0.15) is 0 Å². The van der Waals surface area contributed by atoms with E-state index in [0.29, 0.717) is 5.02 Å². The highest BCUT2D eigenvalue weighted by atomic mass is 35.5. The molecule has 0 spiro atoms. The maximum absolute atomic E-state index is 13.6. The summed E-state index contributed by atoms with van der Waals surface area (Å²) >= 11 is 5.98. The third kappa shape index (κ3) is 3.79. The lowest BCUT2D eigenvalue weighted by molar-refractivity contribution is -0.118. The molecule has 3 nitrogen and oxygen atoms in total. The Kier molecular flexibility index (Phi) is 4.91. The van der Waals surface area contributed by atoms with Crippen molar-refractivity contribution in [2.45, 2.75) is 19.8 Å². The molecule has 5 heteroatoms. The number of nitrogens with zero attached hydrogens (tertiary/aromatic N) is 1. The number of anilines is 1. The van der Waals surface area contributed by atoms with Crippen LogP contribution in [0.25, 0.3) is 0 Å². The van der Waals surface area contributed by atoms with Crippen LogP contribution in [-0.4, -0.2) is 10.9 Å². The predicted octanol–water partition coefficient (Wildman–Crippen LogP) is 4.25. The van der Waals surface area contributed by atoms with E-state index in [2.05, 4.69) is 10.3 Å². The summed E-state index contributed by atoms with van der Waals surface area (Å²) in [4.78, 5) is 16.1. The van der Waals surface area contributed by atoms with Gasteiger partial charge in [-0.25, -0.2) is 4.39 Å². The van der Waals surface area contributed by atoms with Crippen molar-refractivity contribution >= 4 is 23.2 Å². The number of carbonyl (C=O) groups is 1. The van der Waals surface area contributed by atoms with Crippen molar-refractivity contribution in [2.24, 2.45) is 5.92 Å². The summed E-state index contributed by atoms with van der Waals surface area (Å²) < 4.78 is 13.6. The van der Waals surface area contributed by atoms with E-state index in [1.54, 1.807) is 18.2 Å². The van der Waals surface area contributed by atoms with E-state index in [-0.39, 0.29) is 17.5 Å². The monoisotopic (exact) mass is 306 g/mol. The molecule has 0 bridgehead atoms. The fourth-order valence-corrected chi connectivity index (χ4v) is 2.42. The van der Waals surface area contributed by atoms with Crippen LogP contribution in [0.5, 0.6) is 0 Å². The first-order chi connectivity index (χ1) is 9.99. The Morgan fingerprint density at radius 3 is 2.71 bits per heavy atom. The van der Waals surface area contributed by atoms with E-state index < -0.39 is 11.7 Å². The molecule has 1 atom stereocenters. The largest absolute Gasteiger partial charge is 0.323 e. The van der Waals surface area contributed by atoms with Crippen LogP contribution in [0.4, 0.5) is 10.1 Å². The minimum atomic E-state index is -0.556. The van der Waals surface area contributed by atoms with Crippen molar-refractivity contribution in [2.75, 3.05) is 5.32 Å². The van der Waals surface area contributed by atoms with Crippen LogP contribution in [0.3, 0.4) is 0 Å². The van der Waals surface area contributed by atoms with Crippen LogP contribution < -0.4 is 5.32 Å². The molecule has 1 aromatic carbocycles. The van der Waals surface area contributed by atoms with E-state index in [9.17, 15) is 9.18 Å². The summed E-state index contributed by atoms with van der Waals surface area (Å²) in [6, 6.07) is 8.59. The Bertz CT molecular complexity index is 646. The summed E-state index contributed by atoms with van der Waals surface area (Å²) in [7, 11) is 0. The zero-order chi connectivity index (χ0) is 15.4. The van der Waals surface area contributed by atoms with E-state index in [4.69, 9.17) is 11.6 Å². The van der Waals surface area contributed by atoms with Crippen LogP contribution in [0, 0.1) is 11.7 Å². The van der Waals surface area contributed by atoms with E-state index in [0.717, 1.165) is 11.8 Å². The molecule has 0 radical (unpaired) electrons. The van der Waals surface area contributed by atoms with Crippen molar-refractivity contribution in [1.29, 1.82) is 0 Å². The number of benzene rings is 1. The number of nitrogens with one attached hydrogen (secondary N) is 1. The van der Waals surface area contributed by atoms with Crippen LogP contribution in [-0.2, 0) is 4.79 Å². The predicted molar refractivity (Wildman–Crippen MR) is 81.9 cm³/mol. The first-order valence-corrected chi connectivity index (χ1v) is 7.02. The van der Waals surface area contributed by atoms with Gasteiger partial charge in [-0.05, 0) is 29.7 Å². The summed E-state index contributed by atoms with van der Waals surface area (Å²) in [5, 5.41) is 3.18. The lowest BCUT2D eigenvalue weighted by atomic mass is 9.87. The van der Waals surface area contributed by atoms with Crippen molar-refractivity contribution in [3.8, 4) is 0 Å². The summed E-state index contributed by atoms with van der Waals surface area (Å²) in [6.45, 7) is 3.88. The molecule has 21 heavy (non-hydrogen) atoms. The molecular formula is C16H16ClFN2O. The van der Waals surface area contributed by atoms with Gasteiger partial charge < -0.3 is 5.32 Å². The molecule has 2 rings (SSSR count). The quantitative estimate of drug-likeness (QED) is 0.917. The van der Waals surface area contributed by atoms with Gasteiger partial charge in [0.25, 0.3) is 0 Å². The smallest absolute Gasteiger partial charge is 0.232 e. The molecule has 0 saturated carbocycles. The number of hydrogen-bond donors (Lipinski definition) is 1. The summed E-state index contributed by atoms with van der Waals surface area (Å²) in [5.41, 5.74) is 0.937. The molecule has 0 aliphatic rings. The molecule has 2 aromatic rings. The Balaban J connectivity index is 2.27. The first-order valence-electron chi connectivity index (χ1n) is 6.65. The number of carbonyl (C=O) groups excluding carboxylic acids is 1. The minimum absolute atomic E-state index is 0.0494. The topological polar surface area (TPSA) is 42.0 Å². The highest BCUT2D eigenvalue weighted by Gasteiger charge is 2.25. The average molecular weight is 307 g/mol. The molecule has 1 aromatic heterocycles. The van der Waals surface area contributed by atoms with Crippen molar-refractivity contribution in [3.05, 3.63) is 59.1 Å². The zero-order valence-corrected chi connectivity index (χ0v) is 12.6. The molecule has 0 aliphatic heterocycles. The number of rotatable bonds is 4. The number of aromatic nitrogens is 1. The summed E-state index contributed by atoms with van der Waals surface area (Å²) in [5.74, 6) is -1.18. The maximum atomic E-state index is 13.6. The second kappa shape index (κ2) is 6.68. The number of pyridine rings is 1. The van der Waals surface area contributed by atoms with Crippen molar-refractivity contribution < 1.29 is 9.18 Å². The van der Waals surface area contributed by atoms with Gasteiger partial charge in [0.2, 0.25) is 5.91 Å². The molecule has 1 amide bonds. The van der Waals surface area contributed by atoms with E-state index in [1.807, 2.05) is 19.9 Å². The van der Waals surface area contributed by atoms with Gasteiger partial charge in [-0.2, -0.15) is 0 Å². The fraction of sp³-hybridized carbons (Fsp3) is 0.250. The van der Waals surface area contributed by atoms with Gasteiger partial charge in [-0.1, -0.05) is 37.6 Å². The fourth-order valence-electron chi connectivity index (χ4n) is 2.23. The molecule has 0 unspecified atom stereocenters. The van der Waals surface area contributed by atoms with Crippen molar-refractivity contribution in [3.63, 3.8) is 0 Å². The van der Waals surface area contributed by atoms with Crippen LogP contribution in [0.2, 0.25) is 5.02 Å². The molecule has 0 fully saturated rings. The summed E-state index contributed by atoms with van der Waals surface area (Å²) in [6.07, 6.45) is 2.50. The van der Waals surface area contributed by atoms with Crippen LogP contribution in [0.15, 0.2) is 42.7 Å². The van der Waals surface area contributed by atoms with Crippen molar-refractivity contribution in [1.82, 2.24) is 4.98 Å². The van der Waals surface area contributed by atoms with Crippen LogP contribution in [0.1, 0.15) is 25.3 Å². The molecule has 0 aliphatic carbocycles. The standard InChI is InChI=1S/C16H16ClFN2O/c1-10(2)15(11-4-3-5-12(17)8-11)16(21)20-14-6-7-19-9-13(14)18/h3-10,15H,1-2H3,(H,19,20,21)/t15-/m1/s1. The highest BCUT2D eigenvalue weighted by Crippen LogP contribution is 2.28. The van der Waals surface area contributed by atoms with E-state index in [1.165, 1.54) is 12.3 Å². The first kappa shape index (κ1) is 15.4.